The Kier molecular flexibility index (Phi) is 4.71. The number of hydrogen-bond donors (Lipinski definition) is 1. The first-order chi connectivity index (χ1) is 9.65. The van der Waals surface area contributed by atoms with Gasteiger partial charge in [-0.25, -0.2) is 4.39 Å². The van der Waals surface area contributed by atoms with Crippen LogP contribution in [0.1, 0.15) is 12.0 Å². The summed E-state index contributed by atoms with van der Waals surface area (Å²) >= 11 is 0. The van der Waals surface area contributed by atoms with Crippen LogP contribution in [0.2, 0.25) is 0 Å². The number of benzene rings is 2. The zero-order valence-electron chi connectivity index (χ0n) is 11.2. The summed E-state index contributed by atoms with van der Waals surface area (Å²) in [6.07, 6.45) is 0.169. The lowest BCUT2D eigenvalue weighted by molar-refractivity contribution is -0.116. The third kappa shape index (κ3) is 4.09. The minimum absolute atomic E-state index is 0.137. The molecule has 0 aromatic heterocycles. The maximum absolute atomic E-state index is 13.3. The standard InChI is InChI=1S/C16H16FNO2/c1-12-5-4-6-13(11-12)18-16(19)9-10-20-15-8-3-2-7-14(15)17/h2-8,11H,9-10H2,1H3,(H,18,19). The molecule has 104 valence electrons. The zero-order valence-corrected chi connectivity index (χ0v) is 11.2. The van der Waals surface area contributed by atoms with E-state index < -0.39 is 5.82 Å². The van der Waals surface area contributed by atoms with E-state index in [0.29, 0.717) is 0 Å². The van der Waals surface area contributed by atoms with Crippen LogP contribution in [-0.4, -0.2) is 12.5 Å². The molecule has 0 saturated heterocycles. The Morgan fingerprint density at radius 2 is 2.00 bits per heavy atom. The molecule has 20 heavy (non-hydrogen) atoms. The minimum atomic E-state index is -0.424. The molecule has 4 heteroatoms. The summed E-state index contributed by atoms with van der Waals surface area (Å²) in [5, 5.41) is 2.77. The van der Waals surface area contributed by atoms with Gasteiger partial charge in [0.1, 0.15) is 0 Å². The van der Waals surface area contributed by atoms with Crippen molar-refractivity contribution >= 4 is 11.6 Å². The second-order valence-corrected chi connectivity index (χ2v) is 4.45. The van der Waals surface area contributed by atoms with Gasteiger partial charge in [0.05, 0.1) is 13.0 Å². The molecule has 2 rings (SSSR count). The van der Waals surface area contributed by atoms with Crippen molar-refractivity contribution in [2.75, 3.05) is 11.9 Å². The number of amides is 1. The van der Waals surface area contributed by atoms with Gasteiger partial charge in [-0.05, 0) is 36.8 Å². The van der Waals surface area contributed by atoms with Gasteiger partial charge in [0.2, 0.25) is 5.91 Å². The van der Waals surface area contributed by atoms with Gasteiger partial charge in [0, 0.05) is 5.69 Å². The van der Waals surface area contributed by atoms with Gasteiger partial charge in [0.25, 0.3) is 0 Å². The third-order valence-electron chi connectivity index (χ3n) is 2.73. The number of rotatable bonds is 5. The number of halogens is 1. The van der Waals surface area contributed by atoms with Gasteiger partial charge in [0.15, 0.2) is 11.6 Å². The second kappa shape index (κ2) is 6.70. The number of nitrogens with one attached hydrogen (secondary N) is 1. The first kappa shape index (κ1) is 14.1. The predicted molar refractivity (Wildman–Crippen MR) is 76.3 cm³/mol. The lowest BCUT2D eigenvalue weighted by Gasteiger charge is -2.08. The first-order valence-electron chi connectivity index (χ1n) is 6.39. The number of aryl methyl sites for hydroxylation is 1. The number of ether oxygens (including phenoxy) is 1. The molecule has 0 aliphatic heterocycles. The molecule has 1 N–H and O–H groups in total. The summed E-state index contributed by atoms with van der Waals surface area (Å²) in [5.41, 5.74) is 1.83. The van der Waals surface area contributed by atoms with Crippen molar-refractivity contribution in [2.24, 2.45) is 0 Å². The van der Waals surface area contributed by atoms with E-state index in [0.717, 1.165) is 11.3 Å². The molecule has 3 nitrogen and oxygen atoms in total. The van der Waals surface area contributed by atoms with Crippen molar-refractivity contribution in [3.8, 4) is 5.75 Å². The van der Waals surface area contributed by atoms with Crippen LogP contribution < -0.4 is 10.1 Å². The number of hydrogen-bond acceptors (Lipinski definition) is 2. The molecule has 0 atom stereocenters. The summed E-state index contributed by atoms with van der Waals surface area (Å²) in [5.74, 6) is -0.422. The van der Waals surface area contributed by atoms with Crippen molar-refractivity contribution in [2.45, 2.75) is 13.3 Å². The van der Waals surface area contributed by atoms with Crippen molar-refractivity contribution in [1.82, 2.24) is 0 Å². The Morgan fingerprint density at radius 1 is 1.20 bits per heavy atom. The van der Waals surface area contributed by atoms with Crippen LogP contribution in [-0.2, 0) is 4.79 Å². The van der Waals surface area contributed by atoms with E-state index in [-0.39, 0.29) is 24.7 Å². The van der Waals surface area contributed by atoms with E-state index in [4.69, 9.17) is 4.74 Å². The molecule has 1 amide bonds. The Hall–Kier alpha value is -2.36. The molecule has 0 fully saturated rings. The fraction of sp³-hybridized carbons (Fsp3) is 0.188. The number of carbonyl (C=O) groups is 1. The quantitative estimate of drug-likeness (QED) is 0.904. The van der Waals surface area contributed by atoms with Crippen LogP contribution in [0, 0.1) is 12.7 Å². The summed E-state index contributed by atoms with van der Waals surface area (Å²) in [6.45, 7) is 2.09. The molecule has 0 saturated carbocycles. The molecule has 0 unspecified atom stereocenters. The van der Waals surface area contributed by atoms with Gasteiger partial charge in [-0.15, -0.1) is 0 Å². The van der Waals surface area contributed by atoms with E-state index in [9.17, 15) is 9.18 Å². The maximum atomic E-state index is 13.3. The Balaban J connectivity index is 1.80. The smallest absolute Gasteiger partial charge is 0.227 e. The molecule has 0 aliphatic rings. The lowest BCUT2D eigenvalue weighted by atomic mass is 10.2. The van der Waals surface area contributed by atoms with Crippen LogP contribution in [0.3, 0.4) is 0 Å². The summed E-state index contributed by atoms with van der Waals surface area (Å²) in [6, 6.07) is 13.7. The third-order valence-corrected chi connectivity index (χ3v) is 2.73. The van der Waals surface area contributed by atoms with Gasteiger partial charge in [-0.1, -0.05) is 24.3 Å². The highest BCUT2D eigenvalue weighted by atomic mass is 19.1. The Morgan fingerprint density at radius 3 is 2.75 bits per heavy atom. The fourth-order valence-corrected chi connectivity index (χ4v) is 1.76. The van der Waals surface area contributed by atoms with Crippen LogP contribution in [0.4, 0.5) is 10.1 Å². The molecule has 0 aliphatic carbocycles. The highest BCUT2D eigenvalue weighted by Crippen LogP contribution is 2.15. The molecule has 0 radical (unpaired) electrons. The van der Waals surface area contributed by atoms with E-state index in [2.05, 4.69) is 5.32 Å². The van der Waals surface area contributed by atoms with Crippen LogP contribution in [0.25, 0.3) is 0 Å². The number of anilines is 1. The zero-order chi connectivity index (χ0) is 14.4. The first-order valence-corrected chi connectivity index (χ1v) is 6.39. The van der Waals surface area contributed by atoms with Crippen molar-refractivity contribution < 1.29 is 13.9 Å². The van der Waals surface area contributed by atoms with Crippen molar-refractivity contribution in [3.63, 3.8) is 0 Å². The monoisotopic (exact) mass is 273 g/mol. The van der Waals surface area contributed by atoms with E-state index in [1.807, 2.05) is 31.2 Å². The average molecular weight is 273 g/mol. The molecule has 2 aromatic rings. The van der Waals surface area contributed by atoms with E-state index >= 15 is 0 Å². The van der Waals surface area contributed by atoms with Crippen LogP contribution in [0.5, 0.6) is 5.75 Å². The minimum Gasteiger partial charge on any atom is -0.490 e. The highest BCUT2D eigenvalue weighted by Gasteiger charge is 2.05. The summed E-state index contributed by atoms with van der Waals surface area (Å²) in [4.78, 5) is 11.7. The van der Waals surface area contributed by atoms with Gasteiger partial charge in [-0.2, -0.15) is 0 Å². The SMILES string of the molecule is Cc1cccc(NC(=O)CCOc2ccccc2F)c1. The number of carbonyl (C=O) groups excluding carboxylic acids is 1. The second-order valence-electron chi connectivity index (χ2n) is 4.45. The Labute approximate surface area is 117 Å². The van der Waals surface area contributed by atoms with Gasteiger partial charge in [-0.3, -0.25) is 4.79 Å². The molecule has 0 bridgehead atoms. The predicted octanol–water partition coefficient (Wildman–Crippen LogP) is 3.54. The van der Waals surface area contributed by atoms with Crippen LogP contribution >= 0.6 is 0 Å². The van der Waals surface area contributed by atoms with Gasteiger partial charge >= 0.3 is 0 Å². The molecule has 2 aromatic carbocycles. The average Bonchev–Trinajstić information content (AvgIpc) is 2.41. The topological polar surface area (TPSA) is 38.3 Å². The van der Waals surface area contributed by atoms with Crippen molar-refractivity contribution in [1.29, 1.82) is 0 Å². The Bertz CT molecular complexity index is 599. The summed E-state index contributed by atoms with van der Waals surface area (Å²) in [7, 11) is 0. The van der Waals surface area contributed by atoms with E-state index in [1.165, 1.54) is 12.1 Å². The molecule has 0 heterocycles. The summed E-state index contributed by atoms with van der Waals surface area (Å²) < 4.78 is 18.5. The van der Waals surface area contributed by atoms with Crippen molar-refractivity contribution in [3.05, 3.63) is 59.9 Å². The largest absolute Gasteiger partial charge is 0.490 e. The molecular formula is C16H16FNO2. The molecule has 0 spiro atoms. The molecular weight excluding hydrogens is 257 g/mol. The van der Waals surface area contributed by atoms with Gasteiger partial charge < -0.3 is 10.1 Å². The number of para-hydroxylation sites is 1. The van der Waals surface area contributed by atoms with E-state index in [1.54, 1.807) is 12.1 Å². The van der Waals surface area contributed by atoms with Crippen LogP contribution in [0.15, 0.2) is 48.5 Å². The fourth-order valence-electron chi connectivity index (χ4n) is 1.76. The highest BCUT2D eigenvalue weighted by molar-refractivity contribution is 5.90. The normalized spacial score (nSPS) is 10.1. The maximum Gasteiger partial charge on any atom is 0.227 e. The lowest BCUT2D eigenvalue weighted by Crippen LogP contribution is -2.15.